The van der Waals surface area contributed by atoms with Gasteiger partial charge >= 0.3 is 0 Å². The fraction of sp³-hybridized carbons (Fsp3) is 0.111. The topological polar surface area (TPSA) is 33.4 Å². The molecule has 0 saturated carbocycles. The number of rotatable bonds is 2. The van der Waals surface area contributed by atoms with Crippen LogP contribution >= 0.6 is 22.9 Å². The standard InChI is InChI=1S/C9H7ClO2S/c10-9-6(3-5-13-9)8(11)7-2-1-4-12-7/h1-5,8,11H. The summed E-state index contributed by atoms with van der Waals surface area (Å²) in [6.45, 7) is 0. The molecule has 13 heavy (non-hydrogen) atoms. The third-order valence-electron chi connectivity index (χ3n) is 1.75. The Kier molecular flexibility index (Phi) is 2.40. The van der Waals surface area contributed by atoms with E-state index < -0.39 is 6.10 Å². The van der Waals surface area contributed by atoms with E-state index in [9.17, 15) is 5.11 Å². The molecular weight excluding hydrogens is 208 g/mol. The Labute approximate surface area is 84.4 Å². The van der Waals surface area contributed by atoms with Gasteiger partial charge in [0.05, 0.1) is 10.6 Å². The Balaban J connectivity index is 2.33. The van der Waals surface area contributed by atoms with Gasteiger partial charge in [0, 0.05) is 5.56 Å². The first-order chi connectivity index (χ1) is 6.29. The molecule has 4 heteroatoms. The van der Waals surface area contributed by atoms with Crippen molar-refractivity contribution in [2.75, 3.05) is 0 Å². The summed E-state index contributed by atoms with van der Waals surface area (Å²) in [6.07, 6.45) is 0.771. The SMILES string of the molecule is OC(c1ccco1)c1ccsc1Cl. The van der Waals surface area contributed by atoms with Crippen molar-refractivity contribution in [1.29, 1.82) is 0 Å². The molecular formula is C9H7ClO2S. The Morgan fingerprint density at radius 2 is 2.31 bits per heavy atom. The van der Waals surface area contributed by atoms with E-state index in [0.717, 1.165) is 0 Å². The number of thiophene rings is 1. The highest BCUT2D eigenvalue weighted by molar-refractivity contribution is 7.14. The second-order valence-electron chi connectivity index (χ2n) is 2.57. The lowest BCUT2D eigenvalue weighted by Gasteiger charge is -2.05. The van der Waals surface area contributed by atoms with Crippen LogP contribution in [0.15, 0.2) is 34.3 Å². The largest absolute Gasteiger partial charge is 0.466 e. The van der Waals surface area contributed by atoms with Crippen molar-refractivity contribution in [3.8, 4) is 0 Å². The monoisotopic (exact) mass is 214 g/mol. The third kappa shape index (κ3) is 1.63. The first-order valence-corrected chi connectivity index (χ1v) is 4.99. The van der Waals surface area contributed by atoms with Crippen molar-refractivity contribution in [3.63, 3.8) is 0 Å². The highest BCUT2D eigenvalue weighted by Gasteiger charge is 2.16. The molecule has 2 rings (SSSR count). The zero-order valence-corrected chi connectivity index (χ0v) is 8.18. The molecule has 1 atom stereocenters. The van der Waals surface area contributed by atoms with Gasteiger partial charge in [-0.05, 0) is 23.6 Å². The Morgan fingerprint density at radius 1 is 1.46 bits per heavy atom. The van der Waals surface area contributed by atoms with Crippen LogP contribution < -0.4 is 0 Å². The van der Waals surface area contributed by atoms with E-state index in [4.69, 9.17) is 16.0 Å². The van der Waals surface area contributed by atoms with Gasteiger partial charge in [0.1, 0.15) is 11.9 Å². The number of aliphatic hydroxyl groups is 1. The average Bonchev–Trinajstić information content (AvgIpc) is 2.72. The lowest BCUT2D eigenvalue weighted by atomic mass is 10.1. The maximum atomic E-state index is 9.78. The molecule has 0 saturated heterocycles. The minimum absolute atomic E-state index is 0.514. The Bertz CT molecular complexity index is 380. The number of halogens is 1. The molecule has 0 aliphatic rings. The molecule has 0 aromatic carbocycles. The fourth-order valence-electron chi connectivity index (χ4n) is 1.10. The molecule has 2 nitrogen and oxygen atoms in total. The molecule has 68 valence electrons. The van der Waals surface area contributed by atoms with Crippen LogP contribution in [-0.4, -0.2) is 5.11 Å². The maximum Gasteiger partial charge on any atom is 0.139 e. The lowest BCUT2D eigenvalue weighted by Crippen LogP contribution is -1.95. The summed E-state index contributed by atoms with van der Waals surface area (Å²) >= 11 is 7.26. The Hall–Kier alpha value is -0.770. The van der Waals surface area contributed by atoms with Crippen molar-refractivity contribution < 1.29 is 9.52 Å². The van der Waals surface area contributed by atoms with E-state index in [2.05, 4.69) is 0 Å². The lowest BCUT2D eigenvalue weighted by molar-refractivity contribution is 0.190. The van der Waals surface area contributed by atoms with Crippen LogP contribution in [0.1, 0.15) is 17.4 Å². The first kappa shape index (κ1) is 8.81. The second-order valence-corrected chi connectivity index (χ2v) is 4.09. The predicted octanol–water partition coefficient (Wildman–Crippen LogP) is 3.08. The van der Waals surface area contributed by atoms with Crippen molar-refractivity contribution in [2.24, 2.45) is 0 Å². The fourth-order valence-corrected chi connectivity index (χ4v) is 2.07. The molecule has 1 unspecified atom stereocenters. The summed E-state index contributed by atoms with van der Waals surface area (Å²) in [7, 11) is 0. The van der Waals surface area contributed by atoms with Crippen LogP contribution in [0, 0.1) is 0 Å². The quantitative estimate of drug-likeness (QED) is 0.834. The van der Waals surface area contributed by atoms with E-state index >= 15 is 0 Å². The first-order valence-electron chi connectivity index (χ1n) is 3.73. The summed E-state index contributed by atoms with van der Waals surface area (Å²) in [5.41, 5.74) is 0.696. The maximum absolute atomic E-state index is 9.78. The van der Waals surface area contributed by atoms with Gasteiger partial charge in [-0.25, -0.2) is 0 Å². The van der Waals surface area contributed by atoms with Gasteiger partial charge in [0.2, 0.25) is 0 Å². The van der Waals surface area contributed by atoms with Crippen LogP contribution in [0.25, 0.3) is 0 Å². The predicted molar refractivity (Wildman–Crippen MR) is 52.1 cm³/mol. The van der Waals surface area contributed by atoms with Crippen LogP contribution in [0.3, 0.4) is 0 Å². The van der Waals surface area contributed by atoms with Crippen LogP contribution in [-0.2, 0) is 0 Å². The molecule has 1 N–H and O–H groups in total. The molecule has 0 radical (unpaired) electrons. The zero-order valence-electron chi connectivity index (χ0n) is 6.61. The minimum atomic E-state index is -0.756. The van der Waals surface area contributed by atoms with Gasteiger partial charge in [-0.1, -0.05) is 11.6 Å². The molecule has 2 aromatic rings. The van der Waals surface area contributed by atoms with Crippen molar-refractivity contribution in [1.82, 2.24) is 0 Å². The summed E-state index contributed by atoms with van der Waals surface area (Å²) in [5.74, 6) is 0.514. The molecule has 0 aliphatic heterocycles. The highest BCUT2D eigenvalue weighted by atomic mass is 35.5. The Morgan fingerprint density at radius 3 is 2.85 bits per heavy atom. The number of furan rings is 1. The molecule has 2 aromatic heterocycles. The van der Waals surface area contributed by atoms with E-state index in [1.807, 2.05) is 5.38 Å². The van der Waals surface area contributed by atoms with Crippen molar-refractivity contribution in [3.05, 3.63) is 45.5 Å². The van der Waals surface area contributed by atoms with Crippen LogP contribution in [0.4, 0.5) is 0 Å². The highest BCUT2D eigenvalue weighted by Crippen LogP contribution is 2.32. The van der Waals surface area contributed by atoms with Crippen LogP contribution in [0.5, 0.6) is 0 Å². The molecule has 0 aliphatic carbocycles. The van der Waals surface area contributed by atoms with E-state index in [0.29, 0.717) is 15.7 Å². The minimum Gasteiger partial charge on any atom is -0.466 e. The van der Waals surface area contributed by atoms with E-state index in [1.54, 1.807) is 18.2 Å². The smallest absolute Gasteiger partial charge is 0.139 e. The number of hydrogen-bond acceptors (Lipinski definition) is 3. The molecule has 0 spiro atoms. The summed E-state index contributed by atoms with van der Waals surface area (Å²) in [5, 5.41) is 11.6. The zero-order chi connectivity index (χ0) is 9.26. The van der Waals surface area contributed by atoms with Crippen molar-refractivity contribution >= 4 is 22.9 Å². The summed E-state index contributed by atoms with van der Waals surface area (Å²) in [6, 6.07) is 5.25. The summed E-state index contributed by atoms with van der Waals surface area (Å²) < 4.78 is 5.67. The summed E-state index contributed by atoms with van der Waals surface area (Å²) in [4.78, 5) is 0. The normalized spacial score (nSPS) is 13.1. The van der Waals surface area contributed by atoms with Gasteiger partial charge in [-0.2, -0.15) is 0 Å². The van der Waals surface area contributed by atoms with Gasteiger partial charge in [-0.15, -0.1) is 11.3 Å². The van der Waals surface area contributed by atoms with Gasteiger partial charge in [0.15, 0.2) is 0 Å². The second kappa shape index (κ2) is 3.54. The van der Waals surface area contributed by atoms with Gasteiger partial charge < -0.3 is 9.52 Å². The third-order valence-corrected chi connectivity index (χ3v) is 2.95. The molecule has 0 fully saturated rings. The molecule has 2 heterocycles. The molecule has 0 bridgehead atoms. The van der Waals surface area contributed by atoms with E-state index in [1.165, 1.54) is 17.6 Å². The molecule has 0 amide bonds. The van der Waals surface area contributed by atoms with E-state index in [-0.39, 0.29) is 0 Å². The average molecular weight is 215 g/mol. The van der Waals surface area contributed by atoms with Crippen molar-refractivity contribution in [2.45, 2.75) is 6.10 Å². The van der Waals surface area contributed by atoms with Gasteiger partial charge in [0.25, 0.3) is 0 Å². The van der Waals surface area contributed by atoms with Gasteiger partial charge in [-0.3, -0.25) is 0 Å². The number of aliphatic hydroxyl groups excluding tert-OH is 1. The number of hydrogen-bond donors (Lipinski definition) is 1. The van der Waals surface area contributed by atoms with Crippen LogP contribution in [0.2, 0.25) is 4.34 Å².